The monoisotopic (exact) mass is 485 g/mol. The minimum Gasteiger partial charge on any atom is -0.345 e. The Labute approximate surface area is 189 Å². The van der Waals surface area contributed by atoms with E-state index < -0.39 is 27.8 Å². The quantitative estimate of drug-likeness (QED) is 0.680. The van der Waals surface area contributed by atoms with Crippen molar-refractivity contribution in [2.45, 2.75) is 19.4 Å². The summed E-state index contributed by atoms with van der Waals surface area (Å²) in [5.41, 5.74) is 0.644. The molecule has 1 N–H and O–H groups in total. The summed E-state index contributed by atoms with van der Waals surface area (Å²) in [5, 5.41) is 1.05. The van der Waals surface area contributed by atoms with Gasteiger partial charge < -0.3 is 9.80 Å². The van der Waals surface area contributed by atoms with Crippen molar-refractivity contribution in [3.8, 4) is 0 Å². The molecule has 0 radical (unpaired) electrons. The summed E-state index contributed by atoms with van der Waals surface area (Å²) >= 11 is 7.13. The van der Waals surface area contributed by atoms with E-state index in [-0.39, 0.29) is 30.1 Å². The average molecular weight is 486 g/mol. The summed E-state index contributed by atoms with van der Waals surface area (Å²) in [4.78, 5) is 27.9. The van der Waals surface area contributed by atoms with E-state index in [1.165, 1.54) is 33.3 Å². The molecule has 1 aliphatic heterocycles. The van der Waals surface area contributed by atoms with Crippen LogP contribution in [0.2, 0.25) is 4.34 Å². The fraction of sp³-hybridized carbons (Fsp3) is 0.300. The topological polar surface area (TPSA) is 86.8 Å². The Balaban J connectivity index is 1.75. The Hall–Kier alpha value is -2.27. The van der Waals surface area contributed by atoms with Gasteiger partial charge >= 0.3 is 0 Å². The zero-order valence-corrected chi connectivity index (χ0v) is 19.4. The summed E-state index contributed by atoms with van der Waals surface area (Å²) in [6.45, 7) is 1.78. The molecule has 1 aliphatic rings. The number of halogens is 2. The molecule has 1 fully saturated rings. The summed E-state index contributed by atoms with van der Waals surface area (Å²) in [7, 11) is -0.812. The maximum absolute atomic E-state index is 14.6. The first-order valence-electron chi connectivity index (χ1n) is 9.27. The summed E-state index contributed by atoms with van der Waals surface area (Å²) in [5.74, 6) is -1.65. The molecule has 1 aromatic carbocycles. The summed E-state index contributed by atoms with van der Waals surface area (Å²) in [6, 6.07) is 6.23. The SMILES string of the molecule is C/C(=C\S(=O)(=O)NC1CCN(c2ccc(C(=O)N(C)C)cc2F)C1=O)c1ccc(Cl)s1. The van der Waals surface area contributed by atoms with Gasteiger partial charge in [0.15, 0.2) is 0 Å². The lowest BCUT2D eigenvalue weighted by atomic mass is 10.1. The fourth-order valence-corrected chi connectivity index (χ4v) is 5.56. The van der Waals surface area contributed by atoms with Gasteiger partial charge in [0.25, 0.3) is 5.91 Å². The van der Waals surface area contributed by atoms with Gasteiger partial charge in [-0.2, -0.15) is 4.72 Å². The second-order valence-corrected chi connectivity index (χ2v) is 10.5. The third-order valence-electron chi connectivity index (χ3n) is 4.70. The molecule has 31 heavy (non-hydrogen) atoms. The van der Waals surface area contributed by atoms with Crippen LogP contribution in [0.1, 0.15) is 28.6 Å². The standard InChI is InChI=1S/C20H21ClFN3O4S2/c1-12(17-6-7-18(21)30-17)11-31(28,29)23-15-8-9-25(20(15)27)16-5-4-13(10-14(16)22)19(26)24(2)3/h4-7,10-11,15,23H,8-9H2,1-3H3/b12-11+. The molecule has 2 heterocycles. The van der Waals surface area contributed by atoms with Crippen molar-refractivity contribution in [2.75, 3.05) is 25.5 Å². The first kappa shape index (κ1) is 23.4. The van der Waals surface area contributed by atoms with E-state index >= 15 is 0 Å². The Kier molecular flexibility index (Phi) is 6.85. The zero-order chi connectivity index (χ0) is 22.9. The molecule has 7 nitrogen and oxygen atoms in total. The molecule has 1 saturated heterocycles. The molecule has 2 amide bonds. The summed E-state index contributed by atoms with van der Waals surface area (Å²) < 4.78 is 42.5. The molecule has 166 valence electrons. The van der Waals surface area contributed by atoms with Crippen LogP contribution in [0.4, 0.5) is 10.1 Å². The number of amides is 2. The van der Waals surface area contributed by atoms with Crippen LogP contribution in [0.3, 0.4) is 0 Å². The van der Waals surface area contributed by atoms with Gasteiger partial charge in [-0.15, -0.1) is 11.3 Å². The number of sulfonamides is 1. The summed E-state index contributed by atoms with van der Waals surface area (Å²) in [6.07, 6.45) is 0.188. The highest BCUT2D eigenvalue weighted by molar-refractivity contribution is 7.92. The van der Waals surface area contributed by atoms with Crippen LogP contribution in [0.25, 0.3) is 5.57 Å². The second-order valence-electron chi connectivity index (χ2n) is 7.26. The number of rotatable bonds is 6. The highest BCUT2D eigenvalue weighted by Gasteiger charge is 2.36. The van der Waals surface area contributed by atoms with E-state index in [0.29, 0.717) is 14.8 Å². The number of carbonyl (C=O) groups is 2. The van der Waals surface area contributed by atoms with Crippen molar-refractivity contribution in [3.05, 3.63) is 56.3 Å². The molecule has 0 bridgehead atoms. The van der Waals surface area contributed by atoms with Crippen molar-refractivity contribution < 1.29 is 22.4 Å². The highest BCUT2D eigenvalue weighted by atomic mass is 35.5. The van der Waals surface area contributed by atoms with Gasteiger partial charge in [0.2, 0.25) is 15.9 Å². The average Bonchev–Trinajstić information content (AvgIpc) is 3.27. The molecular weight excluding hydrogens is 465 g/mol. The third-order valence-corrected chi connectivity index (χ3v) is 7.34. The largest absolute Gasteiger partial charge is 0.345 e. The minimum atomic E-state index is -3.92. The number of carbonyl (C=O) groups excluding carboxylic acids is 2. The van der Waals surface area contributed by atoms with Gasteiger partial charge in [0.1, 0.15) is 11.9 Å². The van der Waals surface area contributed by atoms with E-state index in [1.807, 2.05) is 0 Å². The Morgan fingerprint density at radius 2 is 2.03 bits per heavy atom. The molecule has 11 heteroatoms. The van der Waals surface area contributed by atoms with Gasteiger partial charge in [-0.05, 0) is 49.2 Å². The molecule has 1 unspecified atom stereocenters. The maximum Gasteiger partial charge on any atom is 0.253 e. The van der Waals surface area contributed by atoms with Crippen LogP contribution in [0.5, 0.6) is 0 Å². The van der Waals surface area contributed by atoms with Gasteiger partial charge in [-0.3, -0.25) is 9.59 Å². The predicted molar refractivity (Wildman–Crippen MR) is 120 cm³/mol. The number of benzene rings is 1. The lowest BCUT2D eigenvalue weighted by Gasteiger charge is -2.19. The molecule has 1 atom stereocenters. The van der Waals surface area contributed by atoms with Gasteiger partial charge in [0, 0.05) is 31.1 Å². The Bertz CT molecular complexity index is 1160. The number of nitrogens with one attached hydrogen (secondary N) is 1. The Morgan fingerprint density at radius 1 is 1.32 bits per heavy atom. The smallest absolute Gasteiger partial charge is 0.253 e. The van der Waals surface area contributed by atoms with E-state index in [1.54, 1.807) is 33.2 Å². The minimum absolute atomic E-state index is 0.00181. The van der Waals surface area contributed by atoms with E-state index in [2.05, 4.69) is 4.72 Å². The lowest BCUT2D eigenvalue weighted by Crippen LogP contribution is -2.41. The Morgan fingerprint density at radius 3 is 2.61 bits per heavy atom. The maximum atomic E-state index is 14.6. The van der Waals surface area contributed by atoms with Crippen LogP contribution in [0, 0.1) is 5.82 Å². The highest BCUT2D eigenvalue weighted by Crippen LogP contribution is 2.29. The number of hydrogen-bond donors (Lipinski definition) is 1. The van der Waals surface area contributed by atoms with E-state index in [0.717, 1.165) is 11.5 Å². The predicted octanol–water partition coefficient (Wildman–Crippen LogP) is 3.33. The second kappa shape index (κ2) is 9.07. The molecule has 0 spiro atoms. The van der Waals surface area contributed by atoms with Crippen molar-refractivity contribution in [2.24, 2.45) is 0 Å². The third kappa shape index (κ3) is 5.32. The molecule has 3 rings (SSSR count). The van der Waals surface area contributed by atoms with Crippen LogP contribution in [-0.4, -0.2) is 51.8 Å². The van der Waals surface area contributed by atoms with Gasteiger partial charge in [-0.1, -0.05) is 11.6 Å². The first-order valence-corrected chi connectivity index (χ1v) is 12.0. The molecule has 0 saturated carbocycles. The molecule has 2 aromatic rings. The van der Waals surface area contributed by atoms with Crippen molar-refractivity contribution in [3.63, 3.8) is 0 Å². The molecule has 0 aliphatic carbocycles. The number of allylic oxidation sites excluding steroid dienone is 1. The van der Waals surface area contributed by atoms with Crippen LogP contribution in [-0.2, 0) is 14.8 Å². The van der Waals surface area contributed by atoms with Crippen molar-refractivity contribution in [1.82, 2.24) is 9.62 Å². The van der Waals surface area contributed by atoms with Gasteiger partial charge in [0.05, 0.1) is 15.4 Å². The van der Waals surface area contributed by atoms with Gasteiger partial charge in [-0.25, -0.2) is 12.8 Å². The molecular formula is C20H21ClFN3O4S2. The van der Waals surface area contributed by atoms with E-state index in [9.17, 15) is 22.4 Å². The van der Waals surface area contributed by atoms with Crippen LogP contribution >= 0.6 is 22.9 Å². The number of thiophene rings is 1. The molecule has 1 aromatic heterocycles. The van der Waals surface area contributed by atoms with E-state index in [4.69, 9.17) is 11.6 Å². The van der Waals surface area contributed by atoms with Crippen molar-refractivity contribution in [1.29, 1.82) is 0 Å². The first-order chi connectivity index (χ1) is 14.5. The number of hydrogen-bond acceptors (Lipinski definition) is 5. The number of nitrogens with zero attached hydrogens (tertiary/aromatic N) is 2. The zero-order valence-electron chi connectivity index (χ0n) is 17.1. The van der Waals surface area contributed by atoms with Crippen LogP contribution in [0.15, 0.2) is 35.7 Å². The fourth-order valence-electron chi connectivity index (χ4n) is 3.19. The van der Waals surface area contributed by atoms with Crippen molar-refractivity contribution >= 4 is 56.0 Å². The normalized spacial score (nSPS) is 17.3. The number of anilines is 1. The van der Waals surface area contributed by atoms with Crippen LogP contribution < -0.4 is 9.62 Å². The lowest BCUT2D eigenvalue weighted by molar-refractivity contribution is -0.118.